The van der Waals surface area contributed by atoms with E-state index in [4.69, 9.17) is 4.74 Å². The highest BCUT2D eigenvalue weighted by Crippen LogP contribution is 2.37. The van der Waals surface area contributed by atoms with E-state index in [-0.39, 0.29) is 17.6 Å². The summed E-state index contributed by atoms with van der Waals surface area (Å²) in [5, 5.41) is 6.98. The van der Waals surface area contributed by atoms with Crippen molar-refractivity contribution < 1.29 is 27.1 Å². The number of halogens is 4. The second kappa shape index (κ2) is 7.47. The van der Waals surface area contributed by atoms with Crippen molar-refractivity contribution in [3.8, 4) is 16.9 Å². The number of carbonyl (C=O) groups is 1. The fourth-order valence-corrected chi connectivity index (χ4v) is 3.42. The summed E-state index contributed by atoms with van der Waals surface area (Å²) in [4.78, 5) is 12.5. The van der Waals surface area contributed by atoms with Gasteiger partial charge in [-0.1, -0.05) is 12.1 Å². The second-order valence-corrected chi connectivity index (χ2v) is 6.98. The zero-order valence-corrected chi connectivity index (χ0v) is 15.8. The Morgan fingerprint density at radius 1 is 1.17 bits per heavy atom. The van der Waals surface area contributed by atoms with Gasteiger partial charge in [0.25, 0.3) is 5.91 Å². The Kier molecular flexibility index (Phi) is 4.97. The van der Waals surface area contributed by atoms with Crippen molar-refractivity contribution in [2.45, 2.75) is 18.6 Å². The average Bonchev–Trinajstić information content (AvgIpc) is 3.13. The fraction of sp³-hybridized carbons (Fsp3) is 0.238. The first-order valence-electron chi connectivity index (χ1n) is 9.17. The van der Waals surface area contributed by atoms with Crippen molar-refractivity contribution >= 4 is 5.91 Å². The van der Waals surface area contributed by atoms with Gasteiger partial charge >= 0.3 is 6.18 Å². The lowest BCUT2D eigenvalue weighted by molar-refractivity contribution is -0.139. The molecule has 1 aliphatic rings. The molecule has 5 nitrogen and oxygen atoms in total. The molecule has 0 fully saturated rings. The molecule has 1 atom stereocenters. The van der Waals surface area contributed by atoms with Gasteiger partial charge in [0, 0.05) is 25.2 Å². The monoisotopic (exact) mass is 419 g/mol. The molecule has 1 aromatic heterocycles. The lowest BCUT2D eigenvalue weighted by Gasteiger charge is -2.27. The highest BCUT2D eigenvalue weighted by molar-refractivity contribution is 5.92. The van der Waals surface area contributed by atoms with Crippen molar-refractivity contribution in [3.63, 3.8) is 0 Å². The molecule has 1 amide bonds. The third-order valence-electron chi connectivity index (χ3n) is 4.91. The number of benzene rings is 2. The molecule has 3 aromatic rings. The van der Waals surface area contributed by atoms with Crippen LogP contribution in [0.4, 0.5) is 17.6 Å². The van der Waals surface area contributed by atoms with Crippen molar-refractivity contribution in [2.75, 3.05) is 6.61 Å². The normalized spacial score (nSPS) is 16.0. The second-order valence-electron chi connectivity index (χ2n) is 6.98. The van der Waals surface area contributed by atoms with Crippen molar-refractivity contribution in [1.82, 2.24) is 15.1 Å². The largest absolute Gasteiger partial charge is 0.493 e. The number of aromatic nitrogens is 2. The zero-order valence-electron chi connectivity index (χ0n) is 15.8. The van der Waals surface area contributed by atoms with Crippen LogP contribution in [0, 0.1) is 5.82 Å². The Balaban J connectivity index is 1.64. The molecule has 30 heavy (non-hydrogen) atoms. The molecule has 2 heterocycles. The number of ether oxygens (including phenoxy) is 1. The number of nitrogens with one attached hydrogen (secondary N) is 1. The zero-order chi connectivity index (χ0) is 21.5. The number of aryl methyl sites for hydroxylation is 1. The molecular weight excluding hydrogens is 402 g/mol. The quantitative estimate of drug-likeness (QED) is 0.636. The number of carbonyl (C=O) groups excluding carboxylic acids is 1. The standard InChI is InChI=1S/C21H17F4N3O2/c1-28-8-6-18(27-28)20(29)26-17-7-9-30-19-5-3-12(10-14(17)19)13-2-4-15(16(22)11-13)21(23,24)25/h2-6,8,10-11,17H,7,9H2,1H3,(H,26,29). The van der Waals surface area contributed by atoms with Crippen molar-refractivity contribution in [3.05, 3.63) is 71.3 Å². The summed E-state index contributed by atoms with van der Waals surface area (Å²) in [6, 6.07) is 9.03. The van der Waals surface area contributed by atoms with Gasteiger partial charge in [0.15, 0.2) is 0 Å². The van der Waals surface area contributed by atoms with Crippen LogP contribution in [0.2, 0.25) is 0 Å². The van der Waals surface area contributed by atoms with E-state index in [0.29, 0.717) is 35.5 Å². The first-order chi connectivity index (χ1) is 14.2. The van der Waals surface area contributed by atoms with Crippen LogP contribution in [0.1, 0.15) is 34.1 Å². The molecule has 0 saturated carbocycles. The minimum Gasteiger partial charge on any atom is -0.493 e. The van der Waals surface area contributed by atoms with Crippen LogP contribution in [0.3, 0.4) is 0 Å². The summed E-state index contributed by atoms with van der Waals surface area (Å²) in [7, 11) is 1.70. The molecule has 4 rings (SSSR count). The van der Waals surface area contributed by atoms with Gasteiger partial charge in [0.2, 0.25) is 0 Å². The van der Waals surface area contributed by atoms with E-state index >= 15 is 0 Å². The highest BCUT2D eigenvalue weighted by atomic mass is 19.4. The molecule has 156 valence electrons. The lowest BCUT2D eigenvalue weighted by Crippen LogP contribution is -2.32. The van der Waals surface area contributed by atoms with Crippen molar-refractivity contribution in [2.24, 2.45) is 7.05 Å². The number of hydrogen-bond donors (Lipinski definition) is 1. The lowest BCUT2D eigenvalue weighted by atomic mass is 9.95. The van der Waals surface area contributed by atoms with Gasteiger partial charge in [-0.15, -0.1) is 0 Å². The molecule has 0 saturated heterocycles. The highest BCUT2D eigenvalue weighted by Gasteiger charge is 2.34. The topological polar surface area (TPSA) is 56.2 Å². The third kappa shape index (κ3) is 3.87. The molecule has 0 spiro atoms. The molecule has 0 aliphatic carbocycles. The van der Waals surface area contributed by atoms with Crippen LogP contribution in [-0.4, -0.2) is 22.3 Å². The van der Waals surface area contributed by atoms with E-state index in [2.05, 4.69) is 10.4 Å². The number of hydrogen-bond acceptors (Lipinski definition) is 3. The van der Waals surface area contributed by atoms with Gasteiger partial charge in [-0.2, -0.15) is 18.3 Å². The Labute approximate surface area is 169 Å². The predicted octanol–water partition coefficient (Wildman–Crippen LogP) is 4.50. The minimum absolute atomic E-state index is 0.270. The maximum absolute atomic E-state index is 14.0. The number of nitrogens with zero attached hydrogens (tertiary/aromatic N) is 2. The van der Waals surface area contributed by atoms with E-state index < -0.39 is 17.6 Å². The van der Waals surface area contributed by atoms with E-state index in [0.717, 1.165) is 12.1 Å². The maximum Gasteiger partial charge on any atom is 0.419 e. The van der Waals surface area contributed by atoms with Gasteiger partial charge in [-0.05, 0) is 41.5 Å². The molecular formula is C21H17F4N3O2. The van der Waals surface area contributed by atoms with Crippen LogP contribution in [0.15, 0.2) is 48.7 Å². The summed E-state index contributed by atoms with van der Waals surface area (Å²) in [6.07, 6.45) is -2.59. The van der Waals surface area contributed by atoms with Crippen LogP contribution >= 0.6 is 0 Å². The van der Waals surface area contributed by atoms with Crippen LogP contribution < -0.4 is 10.1 Å². The number of amides is 1. The Hall–Kier alpha value is -3.36. The molecule has 9 heteroatoms. The Morgan fingerprint density at radius 3 is 2.57 bits per heavy atom. The van der Waals surface area contributed by atoms with Gasteiger partial charge in [0.1, 0.15) is 17.3 Å². The number of fused-ring (bicyclic) bond motifs is 1. The minimum atomic E-state index is -4.76. The summed E-state index contributed by atoms with van der Waals surface area (Å²) in [5.74, 6) is -1.13. The summed E-state index contributed by atoms with van der Waals surface area (Å²) in [5.41, 5.74) is 0.440. The SMILES string of the molecule is Cn1ccc(C(=O)NC2CCOc3ccc(-c4ccc(C(F)(F)F)c(F)c4)cc32)n1. The van der Waals surface area contributed by atoms with E-state index in [1.165, 1.54) is 10.7 Å². The maximum atomic E-state index is 14.0. The van der Waals surface area contributed by atoms with E-state index in [1.54, 1.807) is 37.5 Å². The van der Waals surface area contributed by atoms with E-state index in [9.17, 15) is 22.4 Å². The Bertz CT molecular complexity index is 1110. The molecule has 1 aliphatic heterocycles. The van der Waals surface area contributed by atoms with Gasteiger partial charge in [-0.3, -0.25) is 9.48 Å². The number of rotatable bonds is 3. The fourth-order valence-electron chi connectivity index (χ4n) is 3.42. The van der Waals surface area contributed by atoms with Crippen LogP contribution in [-0.2, 0) is 13.2 Å². The Morgan fingerprint density at radius 2 is 1.90 bits per heavy atom. The predicted molar refractivity (Wildman–Crippen MR) is 100 cm³/mol. The smallest absolute Gasteiger partial charge is 0.419 e. The number of alkyl halides is 3. The molecule has 0 radical (unpaired) electrons. The first-order valence-corrected chi connectivity index (χ1v) is 9.17. The summed E-state index contributed by atoms with van der Waals surface area (Å²) in [6.45, 7) is 0.397. The molecule has 0 bridgehead atoms. The molecule has 1 unspecified atom stereocenters. The van der Waals surface area contributed by atoms with Gasteiger partial charge in [0.05, 0.1) is 18.2 Å². The summed E-state index contributed by atoms with van der Waals surface area (Å²) < 4.78 is 59.6. The van der Waals surface area contributed by atoms with Crippen molar-refractivity contribution in [1.29, 1.82) is 0 Å². The van der Waals surface area contributed by atoms with Gasteiger partial charge in [-0.25, -0.2) is 4.39 Å². The van der Waals surface area contributed by atoms with Crippen LogP contribution in [0.5, 0.6) is 5.75 Å². The molecule has 2 aromatic carbocycles. The summed E-state index contributed by atoms with van der Waals surface area (Å²) >= 11 is 0. The van der Waals surface area contributed by atoms with Gasteiger partial charge < -0.3 is 10.1 Å². The average molecular weight is 419 g/mol. The molecule has 1 N–H and O–H groups in total. The third-order valence-corrected chi connectivity index (χ3v) is 4.91. The van der Waals surface area contributed by atoms with E-state index in [1.807, 2.05) is 0 Å². The first kappa shape index (κ1) is 19.9. The van der Waals surface area contributed by atoms with Crippen LogP contribution in [0.25, 0.3) is 11.1 Å².